The normalized spacial score (nSPS) is 10.6. The van der Waals surface area contributed by atoms with Gasteiger partial charge in [-0.15, -0.1) is 11.3 Å². The number of nitrogens with zero attached hydrogens (tertiary/aromatic N) is 4. The smallest absolute Gasteiger partial charge is 0.223 e. The van der Waals surface area contributed by atoms with Crippen molar-refractivity contribution in [1.29, 1.82) is 0 Å². The minimum atomic E-state index is 0.581. The lowest BCUT2D eigenvalue weighted by atomic mass is 10.2. The van der Waals surface area contributed by atoms with E-state index in [1.165, 1.54) is 0 Å². The lowest BCUT2D eigenvalue weighted by Gasteiger charge is -2.05. The first-order chi connectivity index (χ1) is 12.4. The topological polar surface area (TPSA) is 63.6 Å². The highest BCUT2D eigenvalue weighted by Crippen LogP contribution is 2.22. The summed E-state index contributed by atoms with van der Waals surface area (Å²) in [5.41, 5.74) is 3.93. The van der Waals surface area contributed by atoms with Crippen LogP contribution in [0.3, 0.4) is 0 Å². The van der Waals surface area contributed by atoms with E-state index in [4.69, 9.17) is 0 Å². The van der Waals surface area contributed by atoms with Crippen molar-refractivity contribution in [1.82, 2.24) is 19.9 Å². The zero-order valence-corrected chi connectivity index (χ0v) is 14.1. The van der Waals surface area contributed by atoms with Crippen LogP contribution in [0.2, 0.25) is 0 Å². The van der Waals surface area contributed by atoms with Gasteiger partial charge in [-0.05, 0) is 18.2 Å². The largest absolute Gasteiger partial charge is 0.348 e. The average molecular weight is 345 g/mol. The molecule has 122 valence electrons. The molecule has 1 N–H and O–H groups in total. The molecule has 0 spiro atoms. The summed E-state index contributed by atoms with van der Waals surface area (Å²) in [5, 5.41) is 6.30. The Bertz CT molecular complexity index is 954. The van der Waals surface area contributed by atoms with E-state index < -0.39 is 0 Å². The highest BCUT2D eigenvalue weighted by molar-refractivity contribution is 7.09. The third-order valence-electron chi connectivity index (χ3n) is 3.63. The van der Waals surface area contributed by atoms with Gasteiger partial charge in [0.25, 0.3) is 0 Å². The van der Waals surface area contributed by atoms with Gasteiger partial charge in [0.05, 0.1) is 17.9 Å². The highest BCUT2D eigenvalue weighted by Gasteiger charge is 2.06. The third kappa shape index (κ3) is 3.70. The summed E-state index contributed by atoms with van der Waals surface area (Å²) in [4.78, 5) is 17.6. The molecule has 0 radical (unpaired) electrons. The average Bonchev–Trinajstić information content (AvgIpc) is 3.17. The van der Waals surface area contributed by atoms with Crippen LogP contribution in [0.25, 0.3) is 22.5 Å². The molecule has 0 aliphatic rings. The quantitative estimate of drug-likeness (QED) is 0.585. The standard InChI is InChI=1S/C19H15N5S/c1-2-5-14(6-3-1)17-13-25-18(23-17)12-22-19-21-10-8-16(24-19)15-7-4-9-20-11-15/h1-11,13H,12H2,(H,21,22,24). The van der Waals surface area contributed by atoms with Gasteiger partial charge in [0.1, 0.15) is 5.01 Å². The van der Waals surface area contributed by atoms with Crippen LogP contribution in [0.15, 0.2) is 72.5 Å². The van der Waals surface area contributed by atoms with Crippen molar-refractivity contribution in [2.75, 3.05) is 5.32 Å². The Balaban J connectivity index is 1.46. The molecule has 6 heteroatoms. The van der Waals surface area contributed by atoms with E-state index in [2.05, 4.69) is 42.8 Å². The molecule has 5 nitrogen and oxygen atoms in total. The number of aromatic nitrogens is 4. The maximum atomic E-state index is 4.67. The van der Waals surface area contributed by atoms with E-state index in [1.54, 1.807) is 29.9 Å². The van der Waals surface area contributed by atoms with Crippen LogP contribution in [0.4, 0.5) is 5.95 Å². The van der Waals surface area contributed by atoms with Gasteiger partial charge in [-0.3, -0.25) is 4.98 Å². The van der Waals surface area contributed by atoms with E-state index >= 15 is 0 Å². The zero-order chi connectivity index (χ0) is 16.9. The summed E-state index contributed by atoms with van der Waals surface area (Å²) in [7, 11) is 0. The molecule has 25 heavy (non-hydrogen) atoms. The molecule has 1 aromatic carbocycles. The molecule has 4 aromatic rings. The Kier molecular flexibility index (Phi) is 4.43. The second-order valence-electron chi connectivity index (χ2n) is 5.35. The summed E-state index contributed by atoms with van der Waals surface area (Å²) in [6.45, 7) is 0.591. The Morgan fingerprint density at radius 1 is 0.840 bits per heavy atom. The van der Waals surface area contributed by atoms with Crippen LogP contribution in [0.5, 0.6) is 0 Å². The van der Waals surface area contributed by atoms with Gasteiger partial charge < -0.3 is 5.32 Å². The van der Waals surface area contributed by atoms with Crippen molar-refractivity contribution < 1.29 is 0 Å². The first-order valence-electron chi connectivity index (χ1n) is 7.85. The summed E-state index contributed by atoms with van der Waals surface area (Å²) >= 11 is 1.63. The highest BCUT2D eigenvalue weighted by atomic mass is 32.1. The predicted molar refractivity (Wildman–Crippen MR) is 100 cm³/mol. The van der Waals surface area contributed by atoms with Crippen molar-refractivity contribution in [3.63, 3.8) is 0 Å². The SMILES string of the molecule is c1ccc(-c2csc(CNc3nccc(-c4cccnc4)n3)n2)cc1. The Labute approximate surface area is 149 Å². The van der Waals surface area contributed by atoms with Gasteiger partial charge in [-0.2, -0.15) is 0 Å². The molecule has 0 aliphatic carbocycles. The molecule has 0 saturated heterocycles. The number of anilines is 1. The van der Waals surface area contributed by atoms with Crippen LogP contribution in [0, 0.1) is 0 Å². The molecular formula is C19H15N5S. The summed E-state index contributed by atoms with van der Waals surface area (Å²) in [6, 6.07) is 15.9. The summed E-state index contributed by atoms with van der Waals surface area (Å²) < 4.78 is 0. The van der Waals surface area contributed by atoms with E-state index in [-0.39, 0.29) is 0 Å². The molecule has 4 rings (SSSR count). The van der Waals surface area contributed by atoms with Gasteiger partial charge >= 0.3 is 0 Å². The third-order valence-corrected chi connectivity index (χ3v) is 4.48. The van der Waals surface area contributed by atoms with E-state index in [0.717, 1.165) is 27.5 Å². The van der Waals surface area contributed by atoms with Crippen LogP contribution < -0.4 is 5.32 Å². The van der Waals surface area contributed by atoms with E-state index in [1.807, 2.05) is 36.4 Å². The lowest BCUT2D eigenvalue weighted by Crippen LogP contribution is -2.03. The number of nitrogens with one attached hydrogen (secondary N) is 1. The number of benzene rings is 1. The molecule has 0 aliphatic heterocycles. The number of hydrogen-bond donors (Lipinski definition) is 1. The Morgan fingerprint density at radius 2 is 1.72 bits per heavy atom. The first-order valence-corrected chi connectivity index (χ1v) is 8.73. The van der Waals surface area contributed by atoms with Gasteiger partial charge in [0, 0.05) is 35.1 Å². The molecule has 0 fully saturated rings. The summed E-state index contributed by atoms with van der Waals surface area (Å²) in [6.07, 6.45) is 5.28. The second kappa shape index (κ2) is 7.19. The van der Waals surface area contributed by atoms with Gasteiger partial charge in [0.2, 0.25) is 5.95 Å². The first kappa shape index (κ1) is 15.4. The number of rotatable bonds is 5. The number of pyridine rings is 1. The molecule has 0 amide bonds. The molecule has 3 aromatic heterocycles. The van der Waals surface area contributed by atoms with E-state index in [0.29, 0.717) is 12.5 Å². The zero-order valence-electron chi connectivity index (χ0n) is 13.3. The van der Waals surface area contributed by atoms with Crippen molar-refractivity contribution >= 4 is 17.3 Å². The molecule has 0 unspecified atom stereocenters. The number of hydrogen-bond acceptors (Lipinski definition) is 6. The molecule has 3 heterocycles. The van der Waals surface area contributed by atoms with Crippen molar-refractivity contribution in [2.45, 2.75) is 6.54 Å². The molecular weight excluding hydrogens is 330 g/mol. The monoisotopic (exact) mass is 345 g/mol. The maximum Gasteiger partial charge on any atom is 0.223 e. The van der Waals surface area contributed by atoms with E-state index in [9.17, 15) is 0 Å². The Morgan fingerprint density at radius 3 is 2.56 bits per heavy atom. The second-order valence-corrected chi connectivity index (χ2v) is 6.30. The molecule has 0 atom stereocenters. The van der Waals surface area contributed by atoms with Crippen LogP contribution in [-0.4, -0.2) is 19.9 Å². The molecule has 0 saturated carbocycles. The van der Waals surface area contributed by atoms with Crippen LogP contribution in [0.1, 0.15) is 5.01 Å². The Hall–Kier alpha value is -3.12. The molecule has 0 bridgehead atoms. The minimum Gasteiger partial charge on any atom is -0.348 e. The maximum absolute atomic E-state index is 4.67. The minimum absolute atomic E-state index is 0.581. The van der Waals surface area contributed by atoms with Crippen molar-refractivity contribution in [3.05, 3.63) is 77.5 Å². The van der Waals surface area contributed by atoms with Crippen molar-refractivity contribution in [2.24, 2.45) is 0 Å². The van der Waals surface area contributed by atoms with Gasteiger partial charge in [-0.1, -0.05) is 30.3 Å². The van der Waals surface area contributed by atoms with Crippen molar-refractivity contribution in [3.8, 4) is 22.5 Å². The summed E-state index contributed by atoms with van der Waals surface area (Å²) in [5.74, 6) is 0.581. The van der Waals surface area contributed by atoms with Crippen LogP contribution in [-0.2, 0) is 6.54 Å². The predicted octanol–water partition coefficient (Wildman–Crippen LogP) is 4.27. The fourth-order valence-corrected chi connectivity index (χ4v) is 3.15. The van der Waals surface area contributed by atoms with Gasteiger partial charge in [0.15, 0.2) is 0 Å². The number of thiazole rings is 1. The fraction of sp³-hybridized carbons (Fsp3) is 0.0526. The lowest BCUT2D eigenvalue weighted by molar-refractivity contribution is 1.04. The van der Waals surface area contributed by atoms with Gasteiger partial charge in [-0.25, -0.2) is 15.0 Å². The van der Waals surface area contributed by atoms with Crippen LogP contribution >= 0.6 is 11.3 Å². The fourth-order valence-electron chi connectivity index (χ4n) is 2.41.